The molecule has 7 nitrogen and oxygen atoms in total. The summed E-state index contributed by atoms with van der Waals surface area (Å²) in [6.07, 6.45) is 1.59. The third-order valence-electron chi connectivity index (χ3n) is 5.58. The van der Waals surface area contributed by atoms with Crippen LogP contribution >= 0.6 is 11.6 Å². The highest BCUT2D eigenvalue weighted by Gasteiger charge is 2.44. The molecule has 0 N–H and O–H groups in total. The summed E-state index contributed by atoms with van der Waals surface area (Å²) in [4.78, 5) is 31.0. The topological polar surface area (TPSA) is 75.1 Å². The zero-order valence-electron chi connectivity index (χ0n) is 17.6. The minimum atomic E-state index is -0.784. The van der Waals surface area contributed by atoms with E-state index < -0.39 is 6.23 Å². The van der Waals surface area contributed by atoms with E-state index >= 15 is 0 Å². The van der Waals surface area contributed by atoms with Crippen molar-refractivity contribution < 1.29 is 14.3 Å². The van der Waals surface area contributed by atoms with Gasteiger partial charge in [-0.1, -0.05) is 36.7 Å². The van der Waals surface area contributed by atoms with Crippen molar-refractivity contribution in [2.75, 3.05) is 5.01 Å². The Labute approximate surface area is 186 Å². The van der Waals surface area contributed by atoms with E-state index in [0.717, 1.165) is 5.56 Å². The van der Waals surface area contributed by atoms with E-state index in [1.165, 1.54) is 4.90 Å². The van der Waals surface area contributed by atoms with Crippen LogP contribution in [0.4, 0.5) is 5.82 Å². The van der Waals surface area contributed by atoms with E-state index in [-0.39, 0.29) is 24.3 Å². The summed E-state index contributed by atoms with van der Waals surface area (Å²) in [5, 5.41) is 7.21. The van der Waals surface area contributed by atoms with Crippen LogP contribution in [0.25, 0.3) is 0 Å². The number of benzene rings is 1. The van der Waals surface area contributed by atoms with Gasteiger partial charge in [0, 0.05) is 29.6 Å². The second-order valence-electron chi connectivity index (χ2n) is 7.50. The van der Waals surface area contributed by atoms with Gasteiger partial charge >= 0.3 is 5.97 Å². The lowest BCUT2D eigenvalue weighted by Gasteiger charge is -2.25. The quantitative estimate of drug-likeness (QED) is 0.659. The fourth-order valence-electron chi connectivity index (χ4n) is 3.72. The lowest BCUT2D eigenvalue weighted by molar-refractivity contribution is -0.153. The van der Waals surface area contributed by atoms with Crippen molar-refractivity contribution in [3.05, 3.63) is 70.4 Å². The van der Waals surface area contributed by atoms with Gasteiger partial charge in [-0.3, -0.25) is 14.5 Å². The molecule has 0 saturated heterocycles. The highest BCUT2D eigenvalue weighted by Crippen LogP contribution is 2.38. The van der Waals surface area contributed by atoms with Crippen LogP contribution in [0.15, 0.2) is 64.9 Å². The molecule has 0 aliphatic carbocycles. The molecule has 4 rings (SSSR count). The maximum Gasteiger partial charge on any atom is 0.307 e. The molecule has 0 spiro atoms. The first-order chi connectivity index (χ1) is 14.9. The Morgan fingerprint density at radius 3 is 2.58 bits per heavy atom. The number of rotatable bonds is 4. The van der Waals surface area contributed by atoms with Crippen LogP contribution < -0.4 is 5.01 Å². The van der Waals surface area contributed by atoms with Crippen LogP contribution in [0.3, 0.4) is 0 Å². The molecule has 0 bridgehead atoms. The Hall–Kier alpha value is -3.19. The van der Waals surface area contributed by atoms with Crippen molar-refractivity contribution in [3.8, 4) is 0 Å². The molecule has 3 heterocycles. The molecule has 1 aromatic heterocycles. The fourth-order valence-corrected chi connectivity index (χ4v) is 3.85. The Morgan fingerprint density at radius 1 is 1.19 bits per heavy atom. The van der Waals surface area contributed by atoms with Crippen molar-refractivity contribution in [3.63, 3.8) is 0 Å². The van der Waals surface area contributed by atoms with E-state index in [0.29, 0.717) is 34.2 Å². The maximum absolute atomic E-state index is 13.1. The van der Waals surface area contributed by atoms with Gasteiger partial charge in [0.1, 0.15) is 11.7 Å². The number of pyridine rings is 1. The van der Waals surface area contributed by atoms with Crippen LogP contribution in [0.5, 0.6) is 0 Å². The van der Waals surface area contributed by atoms with Gasteiger partial charge in [0.05, 0.1) is 6.04 Å². The summed E-state index contributed by atoms with van der Waals surface area (Å²) in [5.74, 6) is 0.613. The minimum absolute atomic E-state index is 0.182. The maximum atomic E-state index is 13.1. The van der Waals surface area contributed by atoms with Crippen LogP contribution in [0, 0.1) is 0 Å². The predicted molar refractivity (Wildman–Crippen MR) is 118 cm³/mol. The lowest BCUT2D eigenvalue weighted by Crippen LogP contribution is -2.42. The number of hydrogen-bond donors (Lipinski definition) is 0. The number of halogens is 1. The highest BCUT2D eigenvalue weighted by molar-refractivity contribution is 6.30. The first-order valence-corrected chi connectivity index (χ1v) is 10.5. The first kappa shape index (κ1) is 21.1. The van der Waals surface area contributed by atoms with E-state index in [9.17, 15) is 9.59 Å². The Morgan fingerprint density at radius 2 is 1.94 bits per heavy atom. The summed E-state index contributed by atoms with van der Waals surface area (Å²) in [5.41, 5.74) is 2.27. The fraction of sp³-hybridized carbons (Fsp3) is 0.304. The number of anilines is 1. The molecule has 0 radical (unpaired) electrons. The second-order valence-corrected chi connectivity index (χ2v) is 7.94. The van der Waals surface area contributed by atoms with Crippen molar-refractivity contribution in [1.29, 1.82) is 0 Å². The Bertz CT molecular complexity index is 1070. The van der Waals surface area contributed by atoms with Crippen LogP contribution in [-0.2, 0) is 14.3 Å². The molecular formula is C23H23ClN4O3. The van der Waals surface area contributed by atoms with Gasteiger partial charge < -0.3 is 4.74 Å². The molecule has 1 amide bonds. The molecule has 2 aliphatic rings. The third-order valence-corrected chi connectivity index (χ3v) is 5.83. The largest absolute Gasteiger partial charge is 0.437 e. The van der Waals surface area contributed by atoms with Crippen molar-refractivity contribution in [2.45, 2.75) is 45.9 Å². The molecule has 2 aromatic rings. The average molecular weight is 439 g/mol. The molecule has 2 unspecified atom stereocenters. The average Bonchev–Trinajstić information content (AvgIpc) is 3.30. The number of hydrazone groups is 1. The molecule has 0 saturated carbocycles. The normalized spacial score (nSPS) is 21.0. The smallest absolute Gasteiger partial charge is 0.307 e. The van der Waals surface area contributed by atoms with Gasteiger partial charge in [-0.15, -0.1) is 0 Å². The van der Waals surface area contributed by atoms with Gasteiger partial charge in [-0.2, -0.15) is 5.10 Å². The number of ether oxygens (including phenoxy) is 1. The number of nitrogens with zero attached hydrogens (tertiary/aromatic N) is 4. The van der Waals surface area contributed by atoms with Gasteiger partial charge in [-0.05, 0) is 49.2 Å². The Balaban J connectivity index is 1.72. The van der Waals surface area contributed by atoms with E-state index in [2.05, 4.69) is 4.98 Å². The summed E-state index contributed by atoms with van der Waals surface area (Å²) in [7, 11) is 0. The van der Waals surface area contributed by atoms with Crippen molar-refractivity contribution >= 4 is 35.1 Å². The molecule has 1 aromatic carbocycles. The number of aromatic nitrogens is 1. The number of esters is 1. The lowest BCUT2D eigenvalue weighted by atomic mass is 10.0. The van der Waals surface area contributed by atoms with Gasteiger partial charge in [0.15, 0.2) is 0 Å². The molecule has 2 aliphatic heterocycles. The monoisotopic (exact) mass is 438 g/mol. The summed E-state index contributed by atoms with van der Waals surface area (Å²) >= 11 is 6.08. The zero-order chi connectivity index (χ0) is 22.1. The van der Waals surface area contributed by atoms with Crippen LogP contribution in [-0.4, -0.2) is 33.8 Å². The molecule has 31 heavy (non-hydrogen) atoms. The van der Waals surface area contributed by atoms with E-state index in [1.54, 1.807) is 25.1 Å². The molecule has 160 valence electrons. The first-order valence-electron chi connectivity index (χ1n) is 10.1. The van der Waals surface area contributed by atoms with Crippen molar-refractivity contribution in [1.82, 2.24) is 9.88 Å². The minimum Gasteiger partial charge on any atom is -0.437 e. The standard InChI is InChI=1S/C23H23ClN4O3/c1-4-21(29)31-23-15(3)14(2)22(30)27(23)20-13-18(16-8-10-17(24)11-9-16)28(26-20)19-7-5-6-12-25-19/h5-12,18,23H,4,13H2,1-3H3. The number of hydrogen-bond acceptors (Lipinski definition) is 6. The summed E-state index contributed by atoms with van der Waals surface area (Å²) in [6, 6.07) is 12.9. The molecule has 0 fully saturated rings. The van der Waals surface area contributed by atoms with E-state index in [4.69, 9.17) is 21.4 Å². The summed E-state index contributed by atoms with van der Waals surface area (Å²) < 4.78 is 5.61. The molecule has 8 heteroatoms. The van der Waals surface area contributed by atoms with Gasteiger partial charge in [-0.25, -0.2) is 9.99 Å². The highest BCUT2D eigenvalue weighted by atomic mass is 35.5. The number of carbonyl (C=O) groups is 2. The second kappa shape index (κ2) is 8.51. The predicted octanol–water partition coefficient (Wildman–Crippen LogP) is 4.46. The third kappa shape index (κ3) is 3.93. The number of amides is 1. The van der Waals surface area contributed by atoms with Crippen LogP contribution in [0.1, 0.15) is 45.2 Å². The zero-order valence-corrected chi connectivity index (χ0v) is 18.3. The van der Waals surface area contributed by atoms with Crippen molar-refractivity contribution in [2.24, 2.45) is 5.10 Å². The number of carbonyl (C=O) groups excluding carboxylic acids is 2. The summed E-state index contributed by atoms with van der Waals surface area (Å²) in [6.45, 7) is 5.28. The SMILES string of the molecule is CCC(=O)OC1C(C)=C(C)C(=O)N1C1=NN(c2ccccn2)C(c2ccc(Cl)cc2)C1. The number of amidine groups is 1. The van der Waals surface area contributed by atoms with Gasteiger partial charge in [0.25, 0.3) is 5.91 Å². The Kier molecular flexibility index (Phi) is 5.78. The molecular weight excluding hydrogens is 416 g/mol. The van der Waals surface area contributed by atoms with Crippen LogP contribution in [0.2, 0.25) is 5.02 Å². The van der Waals surface area contributed by atoms with Gasteiger partial charge in [0.2, 0.25) is 6.23 Å². The molecule has 2 atom stereocenters. The van der Waals surface area contributed by atoms with E-state index in [1.807, 2.05) is 49.4 Å².